The number of fused-ring (bicyclic) bond motifs is 2. The van der Waals surface area contributed by atoms with Crippen LogP contribution in [0.25, 0.3) is 0 Å². The van der Waals surface area contributed by atoms with Crippen molar-refractivity contribution in [3.05, 3.63) is 0 Å². The van der Waals surface area contributed by atoms with E-state index in [4.69, 9.17) is 15.5 Å². The molecule has 2 saturated carbocycles. The van der Waals surface area contributed by atoms with E-state index in [-0.39, 0.29) is 0 Å². The third kappa shape index (κ3) is 2.86. The van der Waals surface area contributed by atoms with Crippen LogP contribution in [0.5, 0.6) is 0 Å². The third-order valence-corrected chi connectivity index (χ3v) is 6.07. The highest BCUT2D eigenvalue weighted by atomic mass is 16.5. The first kappa shape index (κ1) is 16.1. The first-order valence-electron chi connectivity index (χ1n) is 9.24. The maximum atomic E-state index is 6.20. The van der Waals surface area contributed by atoms with Gasteiger partial charge in [0.1, 0.15) is 0 Å². The molecule has 0 aromatic rings. The Morgan fingerprint density at radius 3 is 2.73 bits per heavy atom. The fraction of sp³-hybridized carbons (Fsp3) is 0.944. The average Bonchev–Trinajstić information content (AvgIpc) is 2.79. The summed E-state index contributed by atoms with van der Waals surface area (Å²) in [5, 5.41) is 3.41. The molecule has 0 aromatic carbocycles. The number of ether oxygens (including phenoxy) is 1. The van der Waals surface area contributed by atoms with Gasteiger partial charge in [-0.15, -0.1) is 0 Å². The van der Waals surface area contributed by atoms with E-state index in [0.717, 1.165) is 18.9 Å². The van der Waals surface area contributed by atoms with Crippen LogP contribution >= 0.6 is 0 Å². The predicted molar refractivity (Wildman–Crippen MR) is 90.8 cm³/mol. The molecule has 0 aromatic heterocycles. The summed E-state index contributed by atoms with van der Waals surface area (Å²) in [6, 6.07) is 0.819. The SMILES string of the molecule is CC(C)CCCC(C)NC(N)=NC1C2CCOC2C12CCC2. The topological polar surface area (TPSA) is 59.6 Å². The lowest BCUT2D eigenvalue weighted by Gasteiger charge is -2.61. The Labute approximate surface area is 135 Å². The van der Waals surface area contributed by atoms with Gasteiger partial charge in [-0.3, -0.25) is 0 Å². The summed E-state index contributed by atoms with van der Waals surface area (Å²) < 4.78 is 5.95. The Morgan fingerprint density at radius 2 is 2.09 bits per heavy atom. The third-order valence-electron chi connectivity index (χ3n) is 6.07. The molecule has 3 fully saturated rings. The fourth-order valence-corrected chi connectivity index (χ4v) is 4.73. The lowest BCUT2D eigenvalue weighted by molar-refractivity contribution is -0.164. The van der Waals surface area contributed by atoms with Gasteiger partial charge in [-0.05, 0) is 38.5 Å². The van der Waals surface area contributed by atoms with Gasteiger partial charge in [-0.1, -0.05) is 33.1 Å². The Morgan fingerprint density at radius 1 is 1.32 bits per heavy atom. The van der Waals surface area contributed by atoms with Crippen LogP contribution in [0.4, 0.5) is 0 Å². The van der Waals surface area contributed by atoms with E-state index in [0.29, 0.717) is 35.5 Å². The number of rotatable bonds is 6. The molecule has 22 heavy (non-hydrogen) atoms. The highest BCUT2D eigenvalue weighted by Crippen LogP contribution is 2.64. The van der Waals surface area contributed by atoms with Crippen molar-refractivity contribution in [2.75, 3.05) is 6.61 Å². The molecular formula is C18H33N3O. The maximum Gasteiger partial charge on any atom is 0.189 e. The van der Waals surface area contributed by atoms with Crippen molar-refractivity contribution in [2.24, 2.45) is 28.0 Å². The van der Waals surface area contributed by atoms with E-state index in [9.17, 15) is 0 Å². The molecule has 1 spiro atoms. The van der Waals surface area contributed by atoms with E-state index in [2.05, 4.69) is 26.1 Å². The van der Waals surface area contributed by atoms with Crippen LogP contribution in [0.2, 0.25) is 0 Å². The van der Waals surface area contributed by atoms with Crippen molar-refractivity contribution < 1.29 is 4.74 Å². The summed E-state index contributed by atoms with van der Waals surface area (Å²) in [6.07, 6.45) is 9.24. The largest absolute Gasteiger partial charge is 0.377 e. The van der Waals surface area contributed by atoms with Gasteiger partial charge < -0.3 is 15.8 Å². The van der Waals surface area contributed by atoms with Gasteiger partial charge in [0.05, 0.1) is 12.1 Å². The average molecular weight is 307 g/mol. The van der Waals surface area contributed by atoms with Crippen LogP contribution in [-0.4, -0.2) is 30.8 Å². The van der Waals surface area contributed by atoms with Gasteiger partial charge >= 0.3 is 0 Å². The molecule has 3 rings (SSSR count). The number of aliphatic imine (C=N–C) groups is 1. The van der Waals surface area contributed by atoms with Crippen LogP contribution in [-0.2, 0) is 4.74 Å². The highest BCUT2D eigenvalue weighted by Gasteiger charge is 2.66. The molecule has 1 saturated heterocycles. The van der Waals surface area contributed by atoms with Crippen molar-refractivity contribution in [1.29, 1.82) is 0 Å². The van der Waals surface area contributed by atoms with E-state index in [1.165, 1.54) is 38.5 Å². The lowest BCUT2D eigenvalue weighted by Crippen LogP contribution is -2.66. The molecule has 0 bridgehead atoms. The minimum Gasteiger partial charge on any atom is -0.377 e. The Balaban J connectivity index is 1.51. The summed E-state index contributed by atoms with van der Waals surface area (Å²) >= 11 is 0. The molecule has 3 aliphatic rings. The first-order valence-corrected chi connectivity index (χ1v) is 9.24. The predicted octanol–water partition coefficient (Wildman–Crippen LogP) is 3.06. The molecule has 0 amide bonds. The Hall–Kier alpha value is -0.770. The summed E-state index contributed by atoms with van der Waals surface area (Å²) in [7, 11) is 0. The van der Waals surface area contributed by atoms with Crippen LogP contribution < -0.4 is 11.1 Å². The molecule has 1 heterocycles. The highest BCUT2D eigenvalue weighted by molar-refractivity contribution is 5.78. The fourth-order valence-electron chi connectivity index (χ4n) is 4.73. The van der Waals surface area contributed by atoms with E-state index >= 15 is 0 Å². The Kier molecular flexibility index (Phi) is 4.67. The van der Waals surface area contributed by atoms with Crippen molar-refractivity contribution in [3.8, 4) is 0 Å². The quantitative estimate of drug-likeness (QED) is 0.585. The molecule has 4 heteroatoms. The molecule has 0 radical (unpaired) electrons. The van der Waals surface area contributed by atoms with Crippen LogP contribution in [0.3, 0.4) is 0 Å². The zero-order valence-corrected chi connectivity index (χ0v) is 14.5. The molecule has 4 atom stereocenters. The number of hydrogen-bond acceptors (Lipinski definition) is 2. The van der Waals surface area contributed by atoms with Gasteiger partial charge in [0, 0.05) is 24.0 Å². The van der Waals surface area contributed by atoms with E-state index < -0.39 is 0 Å². The monoisotopic (exact) mass is 307 g/mol. The Bertz CT molecular complexity index is 417. The van der Waals surface area contributed by atoms with Gasteiger partial charge in [-0.25, -0.2) is 4.99 Å². The second-order valence-electron chi connectivity index (χ2n) is 8.16. The normalized spacial score (nSPS) is 34.2. The maximum absolute atomic E-state index is 6.20. The second-order valence-corrected chi connectivity index (χ2v) is 8.16. The molecular weight excluding hydrogens is 274 g/mol. The van der Waals surface area contributed by atoms with Gasteiger partial charge in [0.15, 0.2) is 5.96 Å². The van der Waals surface area contributed by atoms with Crippen LogP contribution in [0.1, 0.15) is 65.7 Å². The molecule has 1 aliphatic heterocycles. The zero-order chi connectivity index (χ0) is 15.7. The van der Waals surface area contributed by atoms with E-state index in [1.54, 1.807) is 0 Å². The van der Waals surface area contributed by atoms with Gasteiger partial charge in [0.2, 0.25) is 0 Å². The van der Waals surface area contributed by atoms with Crippen LogP contribution in [0.15, 0.2) is 4.99 Å². The first-order chi connectivity index (χ1) is 10.5. The van der Waals surface area contributed by atoms with Crippen molar-refractivity contribution in [1.82, 2.24) is 5.32 Å². The summed E-state index contributed by atoms with van der Waals surface area (Å²) in [4.78, 5) is 4.89. The molecule has 4 nitrogen and oxygen atoms in total. The van der Waals surface area contributed by atoms with Gasteiger partial charge in [-0.2, -0.15) is 0 Å². The number of nitrogens with one attached hydrogen (secondary N) is 1. The zero-order valence-electron chi connectivity index (χ0n) is 14.5. The number of hydrogen-bond donors (Lipinski definition) is 2. The number of nitrogens with two attached hydrogens (primary N) is 1. The number of guanidine groups is 1. The van der Waals surface area contributed by atoms with Crippen molar-refractivity contribution in [3.63, 3.8) is 0 Å². The smallest absolute Gasteiger partial charge is 0.189 e. The molecule has 4 unspecified atom stereocenters. The van der Waals surface area contributed by atoms with Crippen molar-refractivity contribution in [2.45, 2.75) is 83.9 Å². The lowest BCUT2D eigenvalue weighted by atomic mass is 9.46. The van der Waals surface area contributed by atoms with Crippen LogP contribution in [0, 0.1) is 17.3 Å². The van der Waals surface area contributed by atoms with E-state index in [1.807, 2.05) is 0 Å². The second kappa shape index (κ2) is 6.38. The molecule has 2 aliphatic carbocycles. The van der Waals surface area contributed by atoms with Crippen molar-refractivity contribution >= 4 is 5.96 Å². The molecule has 126 valence electrons. The number of nitrogens with zero attached hydrogens (tertiary/aromatic N) is 1. The minimum absolute atomic E-state index is 0.342. The molecule has 3 N–H and O–H groups in total. The summed E-state index contributed by atoms with van der Waals surface area (Å²) in [6.45, 7) is 7.69. The van der Waals surface area contributed by atoms with Gasteiger partial charge in [0.25, 0.3) is 0 Å². The summed E-state index contributed by atoms with van der Waals surface area (Å²) in [5.41, 5.74) is 6.54. The summed E-state index contributed by atoms with van der Waals surface area (Å²) in [5.74, 6) is 2.06. The standard InChI is InChI=1S/C18H33N3O/c1-12(2)6-4-7-13(3)20-17(19)21-15-14-8-11-22-16(14)18(15)9-5-10-18/h12-16H,4-11H2,1-3H3,(H3,19,20,21). The minimum atomic E-state index is 0.342.